The van der Waals surface area contributed by atoms with Crippen molar-refractivity contribution in [1.29, 1.82) is 0 Å². The van der Waals surface area contributed by atoms with Crippen molar-refractivity contribution in [3.05, 3.63) is 64.8 Å². The SMILES string of the molecule is [C-]#[N+]c1ccc(N2C(=O)[C@]3(CCCC(C)(C)C3)N(c3ccc(C(=O)NC)c(F)c3)C2=S)cc1C. The molecule has 0 aromatic heterocycles. The van der Waals surface area contributed by atoms with Crippen molar-refractivity contribution in [1.82, 2.24) is 5.32 Å². The van der Waals surface area contributed by atoms with Crippen LogP contribution in [0.25, 0.3) is 4.85 Å². The van der Waals surface area contributed by atoms with Gasteiger partial charge in [-0.2, -0.15) is 0 Å². The molecule has 2 aliphatic rings. The molecule has 6 nitrogen and oxygen atoms in total. The van der Waals surface area contributed by atoms with Crippen molar-refractivity contribution in [3.8, 4) is 0 Å². The summed E-state index contributed by atoms with van der Waals surface area (Å²) in [7, 11) is 1.45. The molecular weight excluding hydrogens is 451 g/mol. The first kappa shape index (κ1) is 23.8. The van der Waals surface area contributed by atoms with Crippen LogP contribution < -0.4 is 15.1 Å². The summed E-state index contributed by atoms with van der Waals surface area (Å²) in [6.45, 7) is 13.4. The van der Waals surface area contributed by atoms with Crippen LogP contribution >= 0.6 is 12.2 Å². The van der Waals surface area contributed by atoms with Gasteiger partial charge in [0.2, 0.25) is 0 Å². The van der Waals surface area contributed by atoms with E-state index in [1.54, 1.807) is 29.2 Å². The molecular formula is C26H27FN4O2S. The summed E-state index contributed by atoms with van der Waals surface area (Å²) in [5.41, 5.74) is 1.17. The van der Waals surface area contributed by atoms with Gasteiger partial charge in [-0.25, -0.2) is 9.24 Å². The Hall–Kier alpha value is -3.31. The van der Waals surface area contributed by atoms with Gasteiger partial charge in [0.1, 0.15) is 11.4 Å². The van der Waals surface area contributed by atoms with Crippen LogP contribution in [-0.2, 0) is 4.79 Å². The fraction of sp³-hybridized carbons (Fsp3) is 0.385. The van der Waals surface area contributed by atoms with Crippen LogP contribution in [0.15, 0.2) is 36.4 Å². The molecule has 1 N–H and O–H groups in total. The second-order valence-electron chi connectivity index (χ2n) is 9.81. The van der Waals surface area contributed by atoms with Gasteiger partial charge >= 0.3 is 0 Å². The quantitative estimate of drug-likeness (QED) is 0.466. The first-order valence-corrected chi connectivity index (χ1v) is 11.6. The minimum Gasteiger partial charge on any atom is -0.355 e. The fourth-order valence-corrected chi connectivity index (χ4v) is 5.79. The average molecular weight is 479 g/mol. The zero-order valence-electron chi connectivity index (χ0n) is 19.7. The Morgan fingerprint density at radius 1 is 1.18 bits per heavy atom. The summed E-state index contributed by atoms with van der Waals surface area (Å²) in [4.78, 5) is 32.9. The number of hydrogen-bond acceptors (Lipinski definition) is 3. The number of hydrogen-bond donors (Lipinski definition) is 1. The minimum absolute atomic E-state index is 0.0667. The molecule has 2 fully saturated rings. The van der Waals surface area contributed by atoms with Gasteiger partial charge < -0.3 is 10.2 Å². The second-order valence-corrected chi connectivity index (χ2v) is 10.2. The molecule has 176 valence electrons. The fourth-order valence-electron chi connectivity index (χ4n) is 5.33. The van der Waals surface area contributed by atoms with Gasteiger partial charge in [0.15, 0.2) is 10.8 Å². The summed E-state index contributed by atoms with van der Waals surface area (Å²) in [5, 5.41) is 2.70. The highest BCUT2D eigenvalue weighted by atomic mass is 32.1. The van der Waals surface area contributed by atoms with Crippen LogP contribution in [0.4, 0.5) is 21.5 Å². The molecule has 1 aliphatic carbocycles. The normalized spacial score (nSPS) is 21.6. The first-order valence-electron chi connectivity index (χ1n) is 11.2. The molecule has 1 saturated carbocycles. The molecule has 8 heteroatoms. The molecule has 4 rings (SSSR count). The summed E-state index contributed by atoms with van der Waals surface area (Å²) in [5.74, 6) is -1.33. The van der Waals surface area contributed by atoms with Crippen molar-refractivity contribution in [3.63, 3.8) is 0 Å². The lowest BCUT2D eigenvalue weighted by Gasteiger charge is -2.45. The number of thiocarbonyl (C=S) groups is 1. The molecule has 2 amide bonds. The van der Waals surface area contributed by atoms with E-state index >= 15 is 0 Å². The Kier molecular flexibility index (Phi) is 5.94. The van der Waals surface area contributed by atoms with E-state index in [1.807, 2.05) is 6.92 Å². The molecule has 1 heterocycles. The van der Waals surface area contributed by atoms with Gasteiger partial charge in [0.25, 0.3) is 11.8 Å². The lowest BCUT2D eigenvalue weighted by molar-refractivity contribution is -0.123. The number of halogens is 1. The van der Waals surface area contributed by atoms with Gasteiger partial charge in [0.05, 0.1) is 12.1 Å². The second kappa shape index (κ2) is 8.48. The van der Waals surface area contributed by atoms with Gasteiger partial charge in [0, 0.05) is 18.4 Å². The molecule has 0 bridgehead atoms. The van der Waals surface area contributed by atoms with Gasteiger partial charge in [-0.15, -0.1) is 0 Å². The van der Waals surface area contributed by atoms with E-state index in [2.05, 4.69) is 24.0 Å². The number of anilines is 2. The van der Waals surface area contributed by atoms with Crippen molar-refractivity contribution >= 4 is 46.2 Å². The number of nitrogens with one attached hydrogen (secondary N) is 1. The highest BCUT2D eigenvalue weighted by Crippen LogP contribution is 2.50. The zero-order valence-corrected chi connectivity index (χ0v) is 20.6. The Bertz CT molecular complexity index is 1250. The Balaban J connectivity index is 1.87. The number of amides is 2. The maximum Gasteiger partial charge on any atom is 0.259 e. The monoisotopic (exact) mass is 478 g/mol. The van der Waals surface area contributed by atoms with Crippen LogP contribution in [0.3, 0.4) is 0 Å². The van der Waals surface area contributed by atoms with E-state index in [9.17, 15) is 14.0 Å². The summed E-state index contributed by atoms with van der Waals surface area (Å²) in [6, 6.07) is 9.56. The Labute approximate surface area is 204 Å². The van der Waals surface area contributed by atoms with Crippen LogP contribution in [0.1, 0.15) is 55.5 Å². The lowest BCUT2D eigenvalue weighted by atomic mass is 9.67. The van der Waals surface area contributed by atoms with Crippen molar-refractivity contribution in [2.24, 2.45) is 5.41 Å². The number of rotatable bonds is 3. The summed E-state index contributed by atoms with van der Waals surface area (Å²) in [6.07, 6.45) is 2.96. The number of aryl methyl sites for hydroxylation is 1. The molecule has 34 heavy (non-hydrogen) atoms. The standard InChI is InChI=1S/C26H27FN4O2S/c1-16-13-17(8-10-21(16)28-4)30-23(33)26(12-6-11-25(2,3)15-26)31(24(30)34)18-7-9-19(20(27)14-18)22(32)29-5/h7-10,13-14H,6,11-12,15H2,1-3,5H3,(H,29,32)/t26-/m1/s1. The predicted octanol–water partition coefficient (Wildman–Crippen LogP) is 5.52. The Morgan fingerprint density at radius 3 is 2.47 bits per heavy atom. The van der Waals surface area contributed by atoms with Gasteiger partial charge in [-0.05, 0) is 79.7 Å². The van der Waals surface area contributed by atoms with Gasteiger partial charge in [-0.1, -0.05) is 26.3 Å². The van der Waals surface area contributed by atoms with Gasteiger partial charge in [-0.3, -0.25) is 14.5 Å². The highest BCUT2D eigenvalue weighted by molar-refractivity contribution is 7.81. The van der Waals surface area contributed by atoms with E-state index in [0.717, 1.165) is 18.4 Å². The smallest absolute Gasteiger partial charge is 0.259 e. The number of benzene rings is 2. The third-order valence-corrected chi connectivity index (χ3v) is 7.23. The zero-order chi connectivity index (χ0) is 24.8. The van der Waals surface area contributed by atoms with Crippen molar-refractivity contribution < 1.29 is 14.0 Å². The predicted molar refractivity (Wildman–Crippen MR) is 135 cm³/mol. The largest absolute Gasteiger partial charge is 0.355 e. The number of carbonyl (C=O) groups excluding carboxylic acids is 2. The summed E-state index contributed by atoms with van der Waals surface area (Å²) >= 11 is 5.86. The molecule has 2 aromatic carbocycles. The third kappa shape index (κ3) is 3.74. The average Bonchev–Trinajstić information content (AvgIpc) is 2.97. The number of carbonyl (C=O) groups is 2. The molecule has 0 radical (unpaired) electrons. The van der Waals surface area contributed by atoms with E-state index in [-0.39, 0.29) is 22.0 Å². The minimum atomic E-state index is -0.952. The molecule has 0 unspecified atom stereocenters. The molecule has 1 atom stereocenters. The molecule has 2 aromatic rings. The van der Waals surface area contributed by atoms with Crippen LogP contribution in [0.2, 0.25) is 0 Å². The van der Waals surface area contributed by atoms with Crippen LogP contribution in [0, 0.1) is 24.7 Å². The van der Waals surface area contributed by atoms with Crippen molar-refractivity contribution in [2.75, 3.05) is 16.8 Å². The third-order valence-electron chi connectivity index (χ3n) is 6.87. The van der Waals surface area contributed by atoms with E-state index in [1.165, 1.54) is 24.1 Å². The maximum absolute atomic E-state index is 15.0. The lowest BCUT2D eigenvalue weighted by Crippen LogP contribution is -2.54. The van der Waals surface area contributed by atoms with Crippen LogP contribution in [-0.4, -0.2) is 29.5 Å². The van der Waals surface area contributed by atoms with Crippen molar-refractivity contribution in [2.45, 2.75) is 52.0 Å². The number of nitrogens with zero attached hydrogens (tertiary/aromatic N) is 3. The highest BCUT2D eigenvalue weighted by Gasteiger charge is 2.59. The van der Waals surface area contributed by atoms with E-state index in [0.29, 0.717) is 29.9 Å². The molecule has 1 saturated heterocycles. The molecule has 1 spiro atoms. The van der Waals surface area contributed by atoms with E-state index in [4.69, 9.17) is 18.8 Å². The maximum atomic E-state index is 15.0. The molecule has 1 aliphatic heterocycles. The first-order chi connectivity index (χ1) is 16.0. The Morgan fingerprint density at radius 2 is 1.88 bits per heavy atom. The van der Waals surface area contributed by atoms with Crippen LogP contribution in [0.5, 0.6) is 0 Å². The van der Waals surface area contributed by atoms with E-state index < -0.39 is 17.3 Å². The topological polar surface area (TPSA) is 57.0 Å². The summed E-state index contributed by atoms with van der Waals surface area (Å²) < 4.78 is 15.0.